The molecule has 43 heavy (non-hydrogen) atoms. The predicted molar refractivity (Wildman–Crippen MR) is 163 cm³/mol. The number of halogens is 3. The molecule has 5 nitrogen and oxygen atoms in total. The number of hydrogen-bond donors (Lipinski definition) is 2. The monoisotopic (exact) mass is 581 g/mol. The van der Waals surface area contributed by atoms with Crippen LogP contribution in [0.4, 0.5) is 18.9 Å². The van der Waals surface area contributed by atoms with Gasteiger partial charge in [-0.3, -0.25) is 9.59 Å². The van der Waals surface area contributed by atoms with Crippen LogP contribution in [-0.2, 0) is 19.3 Å². The zero-order valence-electron chi connectivity index (χ0n) is 23.7. The molecular weight excluding hydrogens is 551 g/mol. The third-order valence-electron chi connectivity index (χ3n) is 7.21. The van der Waals surface area contributed by atoms with Gasteiger partial charge in [0.05, 0.1) is 11.3 Å². The second-order valence-electron chi connectivity index (χ2n) is 10.2. The highest BCUT2D eigenvalue weighted by Gasteiger charge is 2.30. The first-order valence-electron chi connectivity index (χ1n) is 13.8. The first-order valence-corrected chi connectivity index (χ1v) is 13.8. The lowest BCUT2D eigenvalue weighted by Gasteiger charge is -2.11. The summed E-state index contributed by atoms with van der Waals surface area (Å²) in [6.45, 7) is 4.79. The Kier molecular flexibility index (Phi) is 8.48. The molecule has 0 atom stereocenters. The summed E-state index contributed by atoms with van der Waals surface area (Å²) in [5.41, 5.74) is 5.71. The highest BCUT2D eigenvalue weighted by atomic mass is 19.4. The average molecular weight is 582 g/mol. The molecule has 0 fully saturated rings. The number of rotatable bonds is 8. The van der Waals surface area contributed by atoms with Crippen molar-refractivity contribution in [1.82, 2.24) is 9.88 Å². The minimum Gasteiger partial charge on any atom is -0.347 e. The molecule has 0 unspecified atom stereocenters. The maximum atomic E-state index is 13.3. The van der Waals surface area contributed by atoms with Crippen molar-refractivity contribution < 1.29 is 22.8 Å². The fourth-order valence-electron chi connectivity index (χ4n) is 4.83. The molecule has 0 saturated carbocycles. The molecule has 5 rings (SSSR count). The summed E-state index contributed by atoms with van der Waals surface area (Å²) in [6, 6.07) is 29.3. The number of anilines is 1. The lowest BCUT2D eigenvalue weighted by Crippen LogP contribution is -2.25. The van der Waals surface area contributed by atoms with E-state index in [0.717, 1.165) is 28.8 Å². The Hall–Kier alpha value is -5.11. The normalized spacial score (nSPS) is 11.3. The molecule has 1 aromatic heterocycles. The summed E-state index contributed by atoms with van der Waals surface area (Å²) in [5, 5.41) is 5.78. The number of nitrogens with one attached hydrogen (secondary N) is 2. The molecule has 0 saturated heterocycles. The van der Waals surface area contributed by atoms with Crippen molar-refractivity contribution in [3.8, 4) is 22.3 Å². The number of carbonyl (C=O) groups excluding carboxylic acids is 2. The molecule has 2 N–H and O–H groups in total. The summed E-state index contributed by atoms with van der Waals surface area (Å²) in [5.74, 6) is -0.723. The van der Waals surface area contributed by atoms with E-state index in [9.17, 15) is 22.8 Å². The Morgan fingerprint density at radius 1 is 0.767 bits per heavy atom. The predicted octanol–water partition coefficient (Wildman–Crippen LogP) is 8.35. The molecule has 1 heterocycles. The molecule has 4 aromatic carbocycles. The van der Waals surface area contributed by atoms with E-state index in [2.05, 4.69) is 34.9 Å². The van der Waals surface area contributed by atoms with E-state index in [-0.39, 0.29) is 5.91 Å². The molecule has 218 valence electrons. The Balaban J connectivity index is 1.27. The summed E-state index contributed by atoms with van der Waals surface area (Å²) in [4.78, 5) is 26.4. The van der Waals surface area contributed by atoms with Crippen LogP contribution in [0.25, 0.3) is 22.3 Å². The van der Waals surface area contributed by atoms with Crippen LogP contribution in [-0.4, -0.2) is 16.4 Å². The van der Waals surface area contributed by atoms with Crippen LogP contribution in [0.2, 0.25) is 0 Å². The van der Waals surface area contributed by atoms with Gasteiger partial charge in [0.25, 0.3) is 11.8 Å². The van der Waals surface area contributed by atoms with Crippen LogP contribution < -0.4 is 10.6 Å². The Morgan fingerprint density at radius 2 is 1.37 bits per heavy atom. The summed E-state index contributed by atoms with van der Waals surface area (Å²) >= 11 is 0. The van der Waals surface area contributed by atoms with Gasteiger partial charge in [-0.2, -0.15) is 13.2 Å². The SMILES string of the molecule is CCn1cc(NC(=O)c2ccccc2-c2ccc(C(F)(F)F)cc2)cc1C(=O)NCc1ccc(-c2ccc(C)cc2)cc1. The molecule has 0 bridgehead atoms. The van der Waals surface area contributed by atoms with Crippen molar-refractivity contribution in [2.24, 2.45) is 0 Å². The van der Waals surface area contributed by atoms with Crippen molar-refractivity contribution in [2.45, 2.75) is 33.1 Å². The van der Waals surface area contributed by atoms with Gasteiger partial charge in [-0.05, 0) is 65.9 Å². The maximum Gasteiger partial charge on any atom is 0.416 e. The van der Waals surface area contributed by atoms with Crippen molar-refractivity contribution in [1.29, 1.82) is 0 Å². The third kappa shape index (κ3) is 6.86. The first-order chi connectivity index (χ1) is 20.6. The Morgan fingerprint density at radius 3 is 2.00 bits per heavy atom. The van der Waals surface area contributed by atoms with Gasteiger partial charge in [0.1, 0.15) is 5.69 Å². The lowest BCUT2D eigenvalue weighted by atomic mass is 9.98. The molecule has 0 aliphatic carbocycles. The number of aryl methyl sites for hydroxylation is 2. The van der Waals surface area contributed by atoms with Gasteiger partial charge in [-0.1, -0.05) is 84.4 Å². The number of carbonyl (C=O) groups is 2. The Labute approximate surface area is 248 Å². The fourth-order valence-corrected chi connectivity index (χ4v) is 4.83. The second kappa shape index (κ2) is 12.4. The lowest BCUT2D eigenvalue weighted by molar-refractivity contribution is -0.137. The van der Waals surface area contributed by atoms with Crippen LogP contribution in [0, 0.1) is 6.92 Å². The highest BCUT2D eigenvalue weighted by Crippen LogP contribution is 2.32. The van der Waals surface area contributed by atoms with Crippen LogP contribution in [0.5, 0.6) is 0 Å². The number of aromatic nitrogens is 1. The van der Waals surface area contributed by atoms with E-state index in [4.69, 9.17) is 0 Å². The van der Waals surface area contributed by atoms with Gasteiger partial charge in [0.2, 0.25) is 0 Å². The van der Waals surface area contributed by atoms with E-state index in [1.807, 2.05) is 38.1 Å². The minimum absolute atomic E-state index is 0.282. The van der Waals surface area contributed by atoms with Gasteiger partial charge in [0.15, 0.2) is 0 Å². The molecule has 0 radical (unpaired) electrons. The standard InChI is InChI=1S/C35H30F3N3O2/c1-3-41-22-29(40-33(42)31-7-5-4-6-30(31)27-16-18-28(19-17-27)35(36,37)38)20-32(41)34(43)39-21-24-10-14-26(15-11-24)25-12-8-23(2)9-13-25/h4-20,22H,3,21H2,1-2H3,(H,39,43)(H,40,42). The van der Waals surface area contributed by atoms with Crippen molar-refractivity contribution in [2.75, 3.05) is 5.32 Å². The number of hydrogen-bond acceptors (Lipinski definition) is 2. The molecule has 0 aliphatic heterocycles. The topological polar surface area (TPSA) is 63.1 Å². The Bertz CT molecular complexity index is 1740. The zero-order chi connectivity index (χ0) is 30.6. The molecule has 0 spiro atoms. The van der Waals surface area contributed by atoms with E-state index < -0.39 is 17.6 Å². The smallest absolute Gasteiger partial charge is 0.347 e. The fraction of sp³-hybridized carbons (Fsp3) is 0.143. The summed E-state index contributed by atoms with van der Waals surface area (Å²) in [6.07, 6.45) is -2.76. The van der Waals surface area contributed by atoms with Crippen LogP contribution in [0.3, 0.4) is 0 Å². The van der Waals surface area contributed by atoms with E-state index in [0.29, 0.717) is 41.2 Å². The van der Waals surface area contributed by atoms with E-state index in [1.165, 1.54) is 17.7 Å². The van der Waals surface area contributed by atoms with Crippen LogP contribution in [0.1, 0.15) is 44.5 Å². The van der Waals surface area contributed by atoms with Crippen molar-refractivity contribution in [3.05, 3.63) is 137 Å². The zero-order valence-corrected chi connectivity index (χ0v) is 23.7. The molecular formula is C35H30F3N3O2. The third-order valence-corrected chi connectivity index (χ3v) is 7.21. The molecule has 5 aromatic rings. The average Bonchev–Trinajstić information content (AvgIpc) is 3.43. The van der Waals surface area contributed by atoms with Gasteiger partial charge >= 0.3 is 6.18 Å². The molecule has 8 heteroatoms. The highest BCUT2D eigenvalue weighted by molar-refractivity contribution is 6.09. The number of benzene rings is 4. The molecule has 0 aliphatic rings. The van der Waals surface area contributed by atoms with E-state index >= 15 is 0 Å². The summed E-state index contributed by atoms with van der Waals surface area (Å²) in [7, 11) is 0. The van der Waals surface area contributed by atoms with Crippen LogP contribution in [0.15, 0.2) is 109 Å². The maximum absolute atomic E-state index is 13.3. The van der Waals surface area contributed by atoms with E-state index in [1.54, 1.807) is 41.1 Å². The minimum atomic E-state index is -4.45. The van der Waals surface area contributed by atoms with Crippen molar-refractivity contribution >= 4 is 17.5 Å². The first kappa shape index (κ1) is 29.4. The molecule has 2 amide bonds. The number of alkyl halides is 3. The summed E-state index contributed by atoms with van der Waals surface area (Å²) < 4.78 is 40.8. The number of amides is 2. The number of nitrogens with zero attached hydrogens (tertiary/aromatic N) is 1. The van der Waals surface area contributed by atoms with Gasteiger partial charge in [-0.25, -0.2) is 0 Å². The quantitative estimate of drug-likeness (QED) is 0.193. The van der Waals surface area contributed by atoms with Gasteiger partial charge < -0.3 is 15.2 Å². The second-order valence-corrected chi connectivity index (χ2v) is 10.2. The van der Waals surface area contributed by atoms with Gasteiger partial charge in [0, 0.05) is 24.8 Å². The van der Waals surface area contributed by atoms with Crippen LogP contribution >= 0.6 is 0 Å². The largest absolute Gasteiger partial charge is 0.416 e. The van der Waals surface area contributed by atoms with Crippen molar-refractivity contribution in [3.63, 3.8) is 0 Å². The van der Waals surface area contributed by atoms with Gasteiger partial charge in [-0.15, -0.1) is 0 Å².